The Bertz CT molecular complexity index is 1440. The number of aromatic hydroxyl groups is 1. The monoisotopic (exact) mass is 545 g/mol. The van der Waals surface area contributed by atoms with Crippen molar-refractivity contribution in [3.8, 4) is 5.75 Å². The summed E-state index contributed by atoms with van der Waals surface area (Å²) in [6, 6.07) is 6.98. The molecule has 1 saturated carbocycles. The molecular formula is C27H28ClNO5S2. The molecule has 1 heterocycles. The fraction of sp³-hybridized carbons (Fsp3) is 0.407. The second-order valence-corrected chi connectivity index (χ2v) is 12.3. The lowest BCUT2D eigenvalue weighted by atomic mass is 9.85. The highest BCUT2D eigenvalue weighted by Gasteiger charge is 2.38. The summed E-state index contributed by atoms with van der Waals surface area (Å²) in [7, 11) is -3.95. The van der Waals surface area contributed by atoms with Crippen LogP contribution in [0, 0.1) is 5.92 Å². The Kier molecular flexibility index (Phi) is 7.12. The Hall–Kier alpha value is -2.42. The van der Waals surface area contributed by atoms with Gasteiger partial charge in [0.05, 0.1) is 5.56 Å². The van der Waals surface area contributed by atoms with Gasteiger partial charge < -0.3 is 9.52 Å². The first-order chi connectivity index (χ1) is 17.2. The normalized spacial score (nSPS) is 19.4. The number of thiocarbonyl (C=S) groups is 1. The van der Waals surface area contributed by atoms with Crippen molar-refractivity contribution in [3.63, 3.8) is 0 Å². The Labute approximate surface area is 221 Å². The number of allylic oxidation sites excluding steroid dienone is 4. The highest BCUT2D eigenvalue weighted by molar-refractivity contribution is 7.99. The number of hydrogen-bond donors (Lipinski definition) is 2. The number of rotatable bonds is 6. The molecule has 1 unspecified atom stereocenters. The molecule has 190 valence electrons. The smallest absolute Gasteiger partial charge is 0.343 e. The van der Waals surface area contributed by atoms with Crippen molar-refractivity contribution in [2.75, 3.05) is 4.72 Å². The van der Waals surface area contributed by atoms with Crippen LogP contribution >= 0.6 is 23.8 Å². The van der Waals surface area contributed by atoms with Crippen LogP contribution in [0.5, 0.6) is 5.75 Å². The minimum Gasteiger partial charge on any atom is -0.507 e. The van der Waals surface area contributed by atoms with Crippen LogP contribution in [0.4, 0.5) is 5.69 Å². The number of aryl methyl sites for hydroxylation is 1. The van der Waals surface area contributed by atoms with Gasteiger partial charge in [0.1, 0.15) is 16.4 Å². The number of sulfonamides is 1. The van der Waals surface area contributed by atoms with Crippen LogP contribution in [0.25, 0.3) is 0 Å². The van der Waals surface area contributed by atoms with Gasteiger partial charge in [0.25, 0.3) is 10.0 Å². The van der Waals surface area contributed by atoms with E-state index in [0.29, 0.717) is 34.2 Å². The topological polar surface area (TPSA) is 96.6 Å². The third-order valence-corrected chi connectivity index (χ3v) is 9.34. The molecule has 1 atom stereocenters. The molecule has 0 bridgehead atoms. The van der Waals surface area contributed by atoms with Gasteiger partial charge in [0, 0.05) is 39.9 Å². The zero-order valence-electron chi connectivity index (χ0n) is 19.8. The molecule has 0 saturated heterocycles. The highest BCUT2D eigenvalue weighted by Crippen LogP contribution is 2.49. The molecule has 0 spiro atoms. The van der Waals surface area contributed by atoms with Crippen LogP contribution in [0.2, 0.25) is 0 Å². The fourth-order valence-corrected chi connectivity index (χ4v) is 7.12. The molecule has 36 heavy (non-hydrogen) atoms. The van der Waals surface area contributed by atoms with Crippen molar-refractivity contribution < 1.29 is 17.9 Å². The van der Waals surface area contributed by atoms with E-state index in [-0.39, 0.29) is 34.5 Å². The van der Waals surface area contributed by atoms with Crippen LogP contribution in [0.15, 0.2) is 55.6 Å². The van der Waals surface area contributed by atoms with E-state index in [9.17, 15) is 18.3 Å². The molecule has 1 aromatic carbocycles. The van der Waals surface area contributed by atoms with E-state index >= 15 is 0 Å². The number of benzene rings is 1. The van der Waals surface area contributed by atoms with Gasteiger partial charge in [0.15, 0.2) is 0 Å². The standard InChI is InChI=1S/C27H28ClNO5S2/c28-18-12-13-22(35)23(15-18)36(32,33)29-19-7-5-6-17(14-19)24(16-10-11-16)25-26(30)20-8-3-1-2-4-9-21(20)34-27(25)31/h5-7,12,14-16,24,29-30H,1-4,8-11,13H2. The molecule has 3 aliphatic carbocycles. The second kappa shape index (κ2) is 10.1. The molecule has 9 heteroatoms. The van der Waals surface area contributed by atoms with Crippen LogP contribution in [-0.2, 0) is 22.9 Å². The predicted octanol–water partition coefficient (Wildman–Crippen LogP) is 6.07. The van der Waals surface area contributed by atoms with Gasteiger partial charge in [-0.15, -0.1) is 0 Å². The van der Waals surface area contributed by atoms with E-state index in [1.54, 1.807) is 24.3 Å². The van der Waals surface area contributed by atoms with Gasteiger partial charge in [-0.2, -0.15) is 0 Å². The molecule has 0 radical (unpaired) electrons. The van der Waals surface area contributed by atoms with Gasteiger partial charge in [-0.05, 0) is 61.8 Å². The van der Waals surface area contributed by atoms with E-state index < -0.39 is 15.6 Å². The molecule has 1 fully saturated rings. The van der Waals surface area contributed by atoms with Gasteiger partial charge in [-0.1, -0.05) is 54.9 Å². The van der Waals surface area contributed by atoms with Crippen molar-refractivity contribution in [3.05, 3.63) is 79.2 Å². The van der Waals surface area contributed by atoms with E-state index in [0.717, 1.165) is 49.7 Å². The number of anilines is 1. The van der Waals surface area contributed by atoms with Crippen molar-refractivity contribution in [2.45, 2.75) is 63.7 Å². The summed E-state index contributed by atoms with van der Waals surface area (Å²) < 4.78 is 34.5. The van der Waals surface area contributed by atoms with Gasteiger partial charge in [-0.25, -0.2) is 13.2 Å². The van der Waals surface area contributed by atoms with Crippen LogP contribution in [-0.4, -0.2) is 18.4 Å². The molecule has 3 aliphatic rings. The van der Waals surface area contributed by atoms with Gasteiger partial charge >= 0.3 is 5.63 Å². The lowest BCUT2D eigenvalue weighted by Gasteiger charge is -2.22. The zero-order valence-corrected chi connectivity index (χ0v) is 22.1. The van der Waals surface area contributed by atoms with Crippen molar-refractivity contribution >= 4 is 44.4 Å². The van der Waals surface area contributed by atoms with E-state index in [1.807, 2.05) is 6.07 Å². The summed E-state index contributed by atoms with van der Waals surface area (Å²) in [6.45, 7) is 0. The minimum atomic E-state index is -3.95. The Morgan fingerprint density at radius 2 is 1.89 bits per heavy atom. The Morgan fingerprint density at radius 1 is 1.14 bits per heavy atom. The second-order valence-electron chi connectivity index (χ2n) is 9.74. The average Bonchev–Trinajstić information content (AvgIpc) is 3.64. The van der Waals surface area contributed by atoms with Crippen LogP contribution in [0.3, 0.4) is 0 Å². The lowest BCUT2D eigenvalue weighted by Crippen LogP contribution is -2.22. The number of halogens is 1. The third kappa shape index (κ3) is 5.17. The summed E-state index contributed by atoms with van der Waals surface area (Å²) >= 11 is 11.3. The van der Waals surface area contributed by atoms with Crippen molar-refractivity contribution in [2.24, 2.45) is 5.92 Å². The minimum absolute atomic E-state index is 0.0193. The largest absolute Gasteiger partial charge is 0.507 e. The lowest BCUT2D eigenvalue weighted by molar-refractivity contribution is 0.382. The maximum atomic E-state index is 13.2. The van der Waals surface area contributed by atoms with Crippen LogP contribution < -0.4 is 10.3 Å². The number of fused-ring (bicyclic) bond motifs is 1. The van der Waals surface area contributed by atoms with E-state index in [2.05, 4.69) is 4.72 Å². The van der Waals surface area contributed by atoms with Gasteiger partial charge in [0.2, 0.25) is 0 Å². The number of nitrogens with one attached hydrogen (secondary N) is 1. The van der Waals surface area contributed by atoms with Crippen molar-refractivity contribution in [1.82, 2.24) is 0 Å². The summed E-state index contributed by atoms with van der Waals surface area (Å²) in [5, 5.41) is 11.6. The number of hydrogen-bond acceptors (Lipinski definition) is 6. The summed E-state index contributed by atoms with van der Waals surface area (Å²) in [4.78, 5) is 13.4. The highest BCUT2D eigenvalue weighted by atomic mass is 35.5. The van der Waals surface area contributed by atoms with E-state index in [1.165, 1.54) is 6.08 Å². The first-order valence-corrected chi connectivity index (χ1v) is 14.6. The molecular weight excluding hydrogens is 518 g/mol. The summed E-state index contributed by atoms with van der Waals surface area (Å²) in [5.74, 6) is 0.440. The van der Waals surface area contributed by atoms with E-state index in [4.69, 9.17) is 28.2 Å². The maximum absolute atomic E-state index is 13.2. The molecule has 2 aromatic rings. The Morgan fingerprint density at radius 3 is 2.64 bits per heavy atom. The molecule has 0 aliphatic heterocycles. The quantitative estimate of drug-likeness (QED) is 0.428. The molecule has 6 nitrogen and oxygen atoms in total. The van der Waals surface area contributed by atoms with Crippen LogP contribution in [0.1, 0.15) is 73.3 Å². The third-order valence-electron chi connectivity index (χ3n) is 7.11. The molecule has 5 rings (SSSR count). The SMILES string of the molecule is O=c1oc2c(c(O)c1C(c1cccc(NS(=O)(=O)C3=CC(Cl)=CCC3=S)c1)C1CC1)CCCCCC2. The zero-order chi connectivity index (χ0) is 25.4. The molecule has 2 N–H and O–H groups in total. The first-order valence-electron chi connectivity index (χ1n) is 12.4. The first kappa shape index (κ1) is 25.2. The molecule has 1 aromatic heterocycles. The Balaban J connectivity index is 1.52. The molecule has 0 amide bonds. The average molecular weight is 546 g/mol. The predicted molar refractivity (Wildman–Crippen MR) is 145 cm³/mol. The fourth-order valence-electron chi connectivity index (χ4n) is 5.19. The maximum Gasteiger partial charge on any atom is 0.343 e. The summed E-state index contributed by atoms with van der Waals surface area (Å²) in [6.07, 6.45) is 10.5. The summed E-state index contributed by atoms with van der Waals surface area (Å²) in [5.41, 5.74) is 1.63. The van der Waals surface area contributed by atoms with Crippen molar-refractivity contribution in [1.29, 1.82) is 0 Å². The van der Waals surface area contributed by atoms with Gasteiger partial charge in [-0.3, -0.25) is 4.72 Å².